The third kappa shape index (κ3) is 6.09. The Kier molecular flexibility index (Phi) is 8.17. The van der Waals surface area contributed by atoms with Crippen LogP contribution in [0.1, 0.15) is 98.3 Å². The minimum absolute atomic E-state index is 0.100. The summed E-state index contributed by atoms with van der Waals surface area (Å²) in [5, 5.41) is 8.53. The number of carbonyl (C=O) groups is 3. The number of hydrogen-bond donors (Lipinski definition) is 3. The predicted molar refractivity (Wildman–Crippen MR) is 143 cm³/mol. The number of rotatable bonds is 7. The number of carbonyl (C=O) groups excluding carboxylic acids is 3. The molecule has 3 N–H and O–H groups in total. The first kappa shape index (κ1) is 28.2. The van der Waals surface area contributed by atoms with Gasteiger partial charge in [0.25, 0.3) is 0 Å². The van der Waals surface area contributed by atoms with Crippen LogP contribution in [-0.2, 0) is 19.4 Å². The fraction of sp³-hybridized carbons (Fsp3) is 0.889. The average Bonchev–Trinajstić information content (AvgIpc) is 3.21. The van der Waals surface area contributed by atoms with Crippen LogP contribution in [0.3, 0.4) is 0 Å². The van der Waals surface area contributed by atoms with Crippen LogP contribution >= 0.6 is 0 Å². The summed E-state index contributed by atoms with van der Waals surface area (Å²) in [6.45, 7) is 8.30. The van der Waals surface area contributed by atoms with E-state index in [1.165, 1.54) is 0 Å². The van der Waals surface area contributed by atoms with Gasteiger partial charge in [-0.25, -0.2) is 13.2 Å². The van der Waals surface area contributed by atoms with Crippen LogP contribution in [0, 0.1) is 11.3 Å². The fourth-order valence-electron chi connectivity index (χ4n) is 6.79. The second-order valence-electron chi connectivity index (χ2n) is 12.8. The largest absolute Gasteiger partial charge is 0.351 e. The molecular formula is C27H46N4O5S. The van der Waals surface area contributed by atoms with Crippen molar-refractivity contribution >= 4 is 27.7 Å². The van der Waals surface area contributed by atoms with E-state index in [1.54, 1.807) is 4.90 Å². The predicted octanol–water partition coefficient (Wildman–Crippen LogP) is 2.89. The third-order valence-corrected chi connectivity index (χ3v) is 11.5. The maximum atomic E-state index is 13.8. The Balaban J connectivity index is 1.47. The second kappa shape index (κ2) is 10.7. The summed E-state index contributed by atoms with van der Waals surface area (Å²) < 4.78 is 25.7. The van der Waals surface area contributed by atoms with E-state index in [0.29, 0.717) is 44.6 Å². The number of urea groups is 1. The Labute approximate surface area is 222 Å². The van der Waals surface area contributed by atoms with Gasteiger partial charge in [-0.2, -0.15) is 0 Å². The SMILES string of the molecule is CC[C@@H]1C[C@@H]1NC(=O)[C@@H]1CCCN1C(=O)[C@@H](NC(=O)NC1([C@H]2CCCS2(=O)=O)CCCCC1)C(C)(C)C. The highest BCUT2D eigenvalue weighted by atomic mass is 32.2. The summed E-state index contributed by atoms with van der Waals surface area (Å²) in [5.41, 5.74) is -1.39. The lowest BCUT2D eigenvalue weighted by molar-refractivity contribution is -0.141. The second-order valence-corrected chi connectivity index (χ2v) is 15.1. The lowest BCUT2D eigenvalue weighted by Gasteiger charge is -2.43. The van der Waals surface area contributed by atoms with E-state index >= 15 is 0 Å². The zero-order valence-corrected chi connectivity index (χ0v) is 23.8. The Morgan fingerprint density at radius 3 is 2.30 bits per heavy atom. The van der Waals surface area contributed by atoms with Crippen LogP contribution in [0.2, 0.25) is 0 Å². The number of likely N-dealkylation sites (tertiary alicyclic amines) is 1. The molecule has 2 saturated heterocycles. The summed E-state index contributed by atoms with van der Waals surface area (Å²) in [5.74, 6) is 0.341. The highest BCUT2D eigenvalue weighted by molar-refractivity contribution is 7.92. The van der Waals surface area contributed by atoms with E-state index in [4.69, 9.17) is 0 Å². The lowest BCUT2D eigenvalue weighted by Crippen LogP contribution is -2.64. The van der Waals surface area contributed by atoms with Gasteiger partial charge in [-0.05, 0) is 56.3 Å². The number of hydrogen-bond acceptors (Lipinski definition) is 5. The van der Waals surface area contributed by atoms with Crippen molar-refractivity contribution in [2.75, 3.05) is 12.3 Å². The quantitative estimate of drug-likeness (QED) is 0.460. The van der Waals surface area contributed by atoms with Crippen molar-refractivity contribution in [3.63, 3.8) is 0 Å². The monoisotopic (exact) mass is 538 g/mol. The summed E-state index contributed by atoms with van der Waals surface area (Å²) in [6, 6.07) is -1.66. The molecule has 4 rings (SSSR count). The number of amides is 4. The van der Waals surface area contributed by atoms with Gasteiger partial charge in [-0.1, -0.05) is 53.4 Å². The summed E-state index contributed by atoms with van der Waals surface area (Å²) >= 11 is 0. The first-order chi connectivity index (χ1) is 17.4. The fourth-order valence-corrected chi connectivity index (χ4v) is 9.15. The van der Waals surface area contributed by atoms with Crippen LogP contribution in [0.5, 0.6) is 0 Å². The number of nitrogens with zero attached hydrogens (tertiary/aromatic N) is 1. The highest BCUT2D eigenvalue weighted by Gasteiger charge is 2.50. The van der Waals surface area contributed by atoms with E-state index in [2.05, 4.69) is 22.9 Å². The van der Waals surface area contributed by atoms with Crippen molar-refractivity contribution in [2.45, 2.75) is 127 Å². The van der Waals surface area contributed by atoms with Gasteiger partial charge in [-0.3, -0.25) is 9.59 Å². The summed E-state index contributed by atoms with van der Waals surface area (Å²) in [6.07, 6.45) is 8.62. The van der Waals surface area contributed by atoms with Crippen molar-refractivity contribution in [3.8, 4) is 0 Å². The Hall–Kier alpha value is -1.84. The highest BCUT2D eigenvalue weighted by Crippen LogP contribution is 2.40. The molecule has 2 aliphatic heterocycles. The molecule has 5 atom stereocenters. The van der Waals surface area contributed by atoms with Crippen LogP contribution in [0.4, 0.5) is 4.79 Å². The number of nitrogens with one attached hydrogen (secondary N) is 3. The van der Waals surface area contributed by atoms with E-state index < -0.39 is 44.2 Å². The molecule has 0 bridgehead atoms. The molecule has 0 spiro atoms. The van der Waals surface area contributed by atoms with Crippen LogP contribution in [0.25, 0.3) is 0 Å². The molecule has 0 aromatic carbocycles. The zero-order valence-electron chi connectivity index (χ0n) is 23.0. The molecule has 210 valence electrons. The van der Waals surface area contributed by atoms with Crippen molar-refractivity contribution in [1.29, 1.82) is 0 Å². The van der Waals surface area contributed by atoms with Gasteiger partial charge in [0.2, 0.25) is 11.8 Å². The van der Waals surface area contributed by atoms with Gasteiger partial charge in [0, 0.05) is 12.6 Å². The molecule has 0 aromatic rings. The smallest absolute Gasteiger partial charge is 0.315 e. The molecular weight excluding hydrogens is 492 g/mol. The van der Waals surface area contributed by atoms with Crippen molar-refractivity contribution in [2.24, 2.45) is 11.3 Å². The van der Waals surface area contributed by atoms with E-state index in [9.17, 15) is 22.8 Å². The zero-order chi connectivity index (χ0) is 27.0. The standard InChI is InChI=1S/C27H46N4O5S/c1-5-18-17-19(18)28-23(32)20-11-9-15-31(20)24(33)22(26(2,3)4)29-25(34)30-27(13-7-6-8-14-27)21-12-10-16-37(21,35)36/h18-22H,5-17H2,1-4H3,(H,28,32)(H2,29,30,34)/t18-,19+,20+,21-,22-/m1/s1. The van der Waals surface area contributed by atoms with Gasteiger partial charge in [0.15, 0.2) is 9.84 Å². The molecule has 9 nitrogen and oxygen atoms in total. The molecule has 37 heavy (non-hydrogen) atoms. The third-order valence-electron chi connectivity index (χ3n) is 9.05. The topological polar surface area (TPSA) is 125 Å². The van der Waals surface area contributed by atoms with E-state index in [0.717, 1.165) is 38.5 Å². The van der Waals surface area contributed by atoms with Crippen molar-refractivity contribution < 1.29 is 22.8 Å². The maximum Gasteiger partial charge on any atom is 0.315 e. The Bertz CT molecular complexity index is 985. The molecule has 2 heterocycles. The normalized spacial score (nSPS) is 31.4. The maximum absolute atomic E-state index is 13.8. The minimum atomic E-state index is -3.27. The van der Waals surface area contributed by atoms with Crippen LogP contribution < -0.4 is 16.0 Å². The molecule has 4 amide bonds. The van der Waals surface area contributed by atoms with Crippen LogP contribution in [0.15, 0.2) is 0 Å². The summed E-state index contributed by atoms with van der Waals surface area (Å²) in [4.78, 5) is 41.9. The van der Waals surface area contributed by atoms with Crippen molar-refractivity contribution in [1.82, 2.24) is 20.9 Å². The van der Waals surface area contributed by atoms with Crippen LogP contribution in [-0.4, -0.2) is 72.4 Å². The van der Waals surface area contributed by atoms with Gasteiger partial charge >= 0.3 is 6.03 Å². The van der Waals surface area contributed by atoms with Gasteiger partial charge < -0.3 is 20.9 Å². The Morgan fingerprint density at radius 2 is 1.73 bits per heavy atom. The molecule has 4 aliphatic rings. The molecule has 0 unspecified atom stereocenters. The number of sulfone groups is 1. The molecule has 2 saturated carbocycles. The molecule has 0 aromatic heterocycles. The first-order valence-electron chi connectivity index (χ1n) is 14.3. The van der Waals surface area contributed by atoms with Gasteiger partial charge in [0.05, 0.1) is 16.5 Å². The summed E-state index contributed by atoms with van der Waals surface area (Å²) in [7, 11) is -3.27. The van der Waals surface area contributed by atoms with E-state index in [-0.39, 0.29) is 23.6 Å². The lowest BCUT2D eigenvalue weighted by atomic mass is 9.78. The molecule has 2 aliphatic carbocycles. The average molecular weight is 539 g/mol. The molecule has 0 radical (unpaired) electrons. The first-order valence-corrected chi connectivity index (χ1v) is 16.0. The van der Waals surface area contributed by atoms with E-state index in [1.807, 2.05) is 20.8 Å². The van der Waals surface area contributed by atoms with Gasteiger partial charge in [0.1, 0.15) is 12.1 Å². The molecule has 4 fully saturated rings. The van der Waals surface area contributed by atoms with Crippen molar-refractivity contribution in [3.05, 3.63) is 0 Å². The molecule has 10 heteroatoms. The van der Waals surface area contributed by atoms with Gasteiger partial charge in [-0.15, -0.1) is 0 Å². The Morgan fingerprint density at radius 1 is 1.03 bits per heavy atom. The minimum Gasteiger partial charge on any atom is -0.351 e.